The van der Waals surface area contributed by atoms with E-state index >= 15 is 0 Å². The van der Waals surface area contributed by atoms with Crippen molar-refractivity contribution >= 4 is 82.1 Å². The molecule has 0 aliphatic heterocycles. The molecule has 0 aliphatic rings. The number of nitrogens with zero attached hydrogens (tertiary/aromatic N) is 4. The first-order valence-corrected chi connectivity index (χ1v) is 26.2. The van der Waals surface area contributed by atoms with Crippen molar-refractivity contribution in [3.8, 4) is 51.0 Å². The van der Waals surface area contributed by atoms with Crippen LogP contribution in [0.1, 0.15) is 0 Å². The molecule has 0 saturated heterocycles. The van der Waals surface area contributed by atoms with Crippen molar-refractivity contribution in [1.29, 1.82) is 0 Å². The molecule has 10 aromatic carbocycles. The first kappa shape index (κ1) is 40.7. The number of aromatic nitrogens is 4. The highest BCUT2D eigenvalue weighted by molar-refractivity contribution is 7.25. The lowest BCUT2D eigenvalue weighted by molar-refractivity contribution is 1.07. The fourth-order valence-electron chi connectivity index (χ4n) is 10.4. The molecule has 324 valence electrons. The molecule has 69 heavy (non-hydrogen) atoms. The first-order chi connectivity index (χ1) is 34.2. The van der Waals surface area contributed by atoms with Crippen molar-refractivity contribution < 1.29 is 0 Å². The Balaban J connectivity index is 0.950. The van der Waals surface area contributed by atoms with Crippen LogP contribution in [0.5, 0.6) is 0 Å². The Bertz CT molecular complexity index is 3850. The molecular formula is C63H42N4SSi. The van der Waals surface area contributed by atoms with E-state index < -0.39 is 8.07 Å². The van der Waals surface area contributed by atoms with Crippen LogP contribution >= 0.6 is 11.3 Å². The van der Waals surface area contributed by atoms with Crippen molar-refractivity contribution in [3.05, 3.63) is 255 Å². The summed E-state index contributed by atoms with van der Waals surface area (Å²) in [7, 11) is -2.73. The SMILES string of the molecule is c1ccc([Si](c2ccccc2)(c2ccccc2)c2ccc(-c3nc(-c4ccc(-n5c6ccccc6c6ccccc65)cc4)nc(-c4cccc(-c5ccc6c(c5)sc5ccccc56)c4)n3)cc2)cc1. The lowest BCUT2D eigenvalue weighted by atomic mass is 10.0. The van der Waals surface area contributed by atoms with Crippen molar-refractivity contribution in [2.45, 2.75) is 0 Å². The predicted molar refractivity (Wildman–Crippen MR) is 292 cm³/mol. The molecule has 0 unspecified atom stereocenters. The summed E-state index contributed by atoms with van der Waals surface area (Å²) >= 11 is 1.84. The summed E-state index contributed by atoms with van der Waals surface area (Å²) in [5, 5.41) is 10.3. The molecule has 4 nitrogen and oxygen atoms in total. The fourth-order valence-corrected chi connectivity index (χ4v) is 16.3. The summed E-state index contributed by atoms with van der Waals surface area (Å²) in [5.74, 6) is 1.86. The standard InChI is InChI=1S/C63H42N4SSi/c1-4-19-49(20-5-1)69(50-21-6-2-7-22-50,51-23-8-3-9-24-51)52-38-33-44(34-39-52)62-64-61(43-31-36-48(37-32-43)67-57-28-13-10-25-53(57)54-26-11-14-29-58(54)67)65-63(66-62)47-18-16-17-45(41-47)46-35-40-56-55-27-12-15-30-59(55)68-60(56)42-46/h1-42H. The zero-order valence-electron chi connectivity index (χ0n) is 37.4. The molecule has 0 aliphatic carbocycles. The zero-order valence-corrected chi connectivity index (χ0v) is 39.3. The lowest BCUT2D eigenvalue weighted by Crippen LogP contribution is -2.74. The smallest absolute Gasteiger partial charge is 0.179 e. The molecule has 0 atom stereocenters. The molecule has 0 spiro atoms. The van der Waals surface area contributed by atoms with Crippen LogP contribution in [-0.2, 0) is 0 Å². The van der Waals surface area contributed by atoms with Crippen LogP contribution in [0.4, 0.5) is 0 Å². The monoisotopic (exact) mass is 914 g/mol. The molecule has 0 amide bonds. The second-order valence-corrected chi connectivity index (χ2v) is 22.4. The third-order valence-electron chi connectivity index (χ3n) is 13.6. The molecule has 0 fully saturated rings. The van der Waals surface area contributed by atoms with Gasteiger partial charge in [-0.2, -0.15) is 0 Å². The molecule has 0 bridgehead atoms. The van der Waals surface area contributed by atoms with E-state index in [0.717, 1.165) is 33.5 Å². The molecule has 6 heteroatoms. The quantitative estimate of drug-likeness (QED) is 0.107. The first-order valence-electron chi connectivity index (χ1n) is 23.3. The minimum atomic E-state index is -2.73. The molecular weight excluding hydrogens is 873 g/mol. The second kappa shape index (κ2) is 17.0. The molecule has 3 heterocycles. The van der Waals surface area contributed by atoms with Gasteiger partial charge in [-0.25, -0.2) is 15.0 Å². The van der Waals surface area contributed by atoms with Gasteiger partial charge >= 0.3 is 0 Å². The average Bonchev–Trinajstić information content (AvgIpc) is 3.98. The van der Waals surface area contributed by atoms with Crippen molar-refractivity contribution in [2.75, 3.05) is 0 Å². The summed E-state index contributed by atoms with van der Waals surface area (Å²) in [6, 6.07) is 92.0. The van der Waals surface area contributed by atoms with Crippen molar-refractivity contribution in [3.63, 3.8) is 0 Å². The Morgan fingerprint density at radius 1 is 0.290 bits per heavy atom. The molecule has 3 aromatic heterocycles. The number of fused-ring (bicyclic) bond motifs is 6. The fraction of sp³-hybridized carbons (Fsp3) is 0. The maximum atomic E-state index is 5.29. The summed E-state index contributed by atoms with van der Waals surface area (Å²) in [4.78, 5) is 15.8. The van der Waals surface area contributed by atoms with Gasteiger partial charge in [0.2, 0.25) is 0 Å². The Morgan fingerprint density at radius 3 is 1.29 bits per heavy atom. The Labute approximate surface area is 405 Å². The van der Waals surface area contributed by atoms with E-state index in [4.69, 9.17) is 15.0 Å². The minimum Gasteiger partial charge on any atom is -0.309 e. The number of benzene rings is 10. The molecule has 13 rings (SSSR count). The highest BCUT2D eigenvalue weighted by Gasteiger charge is 2.41. The van der Waals surface area contributed by atoms with Crippen molar-refractivity contribution in [1.82, 2.24) is 19.5 Å². The van der Waals surface area contributed by atoms with Gasteiger partial charge < -0.3 is 4.57 Å². The maximum Gasteiger partial charge on any atom is 0.179 e. The number of thiophene rings is 1. The van der Waals surface area contributed by atoms with Gasteiger partial charge in [0.25, 0.3) is 0 Å². The Kier molecular flexibility index (Phi) is 10.00. The average molecular weight is 915 g/mol. The highest BCUT2D eigenvalue weighted by atomic mass is 32.1. The third-order valence-corrected chi connectivity index (χ3v) is 19.6. The van der Waals surface area contributed by atoms with Crippen LogP contribution in [0.3, 0.4) is 0 Å². The summed E-state index contributed by atoms with van der Waals surface area (Å²) in [6.07, 6.45) is 0. The molecule has 0 radical (unpaired) electrons. The minimum absolute atomic E-state index is 0.617. The number of hydrogen-bond acceptors (Lipinski definition) is 4. The van der Waals surface area contributed by atoms with Crippen LogP contribution in [0.15, 0.2) is 255 Å². The summed E-state index contributed by atoms with van der Waals surface area (Å²) in [6.45, 7) is 0. The Morgan fingerprint density at radius 2 is 0.710 bits per heavy atom. The second-order valence-electron chi connectivity index (χ2n) is 17.5. The Hall–Kier alpha value is -8.55. The predicted octanol–water partition coefficient (Wildman–Crippen LogP) is 13.4. The van der Waals surface area contributed by atoms with Gasteiger partial charge in [-0.05, 0) is 86.5 Å². The topological polar surface area (TPSA) is 43.6 Å². The van der Waals surface area contributed by atoms with E-state index in [1.54, 1.807) is 0 Å². The van der Waals surface area contributed by atoms with Gasteiger partial charge in [0.05, 0.1) is 11.0 Å². The van der Waals surface area contributed by atoms with Gasteiger partial charge in [-0.15, -0.1) is 11.3 Å². The van der Waals surface area contributed by atoms with E-state index in [9.17, 15) is 0 Å². The van der Waals surface area contributed by atoms with E-state index in [2.05, 4.69) is 259 Å². The highest BCUT2D eigenvalue weighted by Crippen LogP contribution is 2.38. The van der Waals surface area contributed by atoms with E-state index in [-0.39, 0.29) is 0 Å². The van der Waals surface area contributed by atoms with Gasteiger partial charge in [0.15, 0.2) is 25.5 Å². The van der Waals surface area contributed by atoms with Gasteiger partial charge in [-0.3, -0.25) is 0 Å². The number of para-hydroxylation sites is 2. The maximum absolute atomic E-state index is 5.29. The number of hydrogen-bond donors (Lipinski definition) is 0. The van der Waals surface area contributed by atoms with Crippen LogP contribution < -0.4 is 20.7 Å². The molecule has 0 N–H and O–H groups in total. The van der Waals surface area contributed by atoms with E-state index in [1.807, 2.05) is 11.3 Å². The molecule has 13 aromatic rings. The van der Waals surface area contributed by atoms with Crippen LogP contribution in [0.2, 0.25) is 0 Å². The normalized spacial score (nSPS) is 11.8. The van der Waals surface area contributed by atoms with E-state index in [0.29, 0.717) is 17.5 Å². The van der Waals surface area contributed by atoms with Gasteiger partial charge in [-0.1, -0.05) is 200 Å². The largest absolute Gasteiger partial charge is 0.309 e. The zero-order chi connectivity index (χ0) is 45.7. The van der Waals surface area contributed by atoms with Crippen molar-refractivity contribution in [2.24, 2.45) is 0 Å². The van der Waals surface area contributed by atoms with Gasteiger partial charge in [0, 0.05) is 53.3 Å². The molecule has 0 saturated carbocycles. The summed E-state index contributed by atoms with van der Waals surface area (Å²) < 4.78 is 4.91. The van der Waals surface area contributed by atoms with Gasteiger partial charge in [0.1, 0.15) is 0 Å². The van der Waals surface area contributed by atoms with E-state index in [1.165, 1.54) is 62.7 Å². The van der Waals surface area contributed by atoms with Crippen LogP contribution in [0, 0.1) is 0 Å². The third kappa shape index (κ3) is 7.00. The van der Waals surface area contributed by atoms with Crippen LogP contribution in [-0.4, -0.2) is 27.6 Å². The van der Waals surface area contributed by atoms with Crippen LogP contribution in [0.25, 0.3) is 93.0 Å². The lowest BCUT2D eigenvalue weighted by Gasteiger charge is -2.34. The summed E-state index contributed by atoms with van der Waals surface area (Å²) in [5.41, 5.74) is 8.45. The number of rotatable bonds is 9.